The van der Waals surface area contributed by atoms with Gasteiger partial charge in [0.2, 0.25) is 0 Å². The molecule has 7 nitrogen and oxygen atoms in total. The van der Waals surface area contributed by atoms with Gasteiger partial charge in [-0.05, 0) is 24.3 Å². The van der Waals surface area contributed by atoms with Gasteiger partial charge in [0, 0.05) is 18.0 Å². The number of ether oxygens (including phenoxy) is 1. The summed E-state index contributed by atoms with van der Waals surface area (Å²) in [5, 5.41) is 12.5. The molecule has 2 aromatic rings. The van der Waals surface area contributed by atoms with Crippen LogP contribution < -0.4 is 21.4 Å². The zero-order valence-electron chi connectivity index (χ0n) is 17.3. The number of nitriles is 1. The fraction of sp³-hybridized carbons (Fsp3) is 0.174. The first-order chi connectivity index (χ1) is 15.5. The van der Waals surface area contributed by atoms with E-state index in [1.807, 2.05) is 36.4 Å². The standard InChI is InChI=1S/C23H22F2N6O/c1-32-19-12-15(27)14-29(16-8-4-2-5-9-16)23(19)31-20(21(24)25)18(13-26)22(28)30(31)17-10-6-3-7-11-17/h2-12,14,20-21,23H,27-28H2,1H3. The molecule has 0 saturated heterocycles. The molecule has 2 aliphatic rings. The lowest BCUT2D eigenvalue weighted by Gasteiger charge is -2.45. The normalized spacial score (nSPS) is 21.5. The minimum absolute atomic E-state index is 0.0602. The second-order valence-corrected chi connectivity index (χ2v) is 7.21. The van der Waals surface area contributed by atoms with Gasteiger partial charge >= 0.3 is 0 Å². The third-order valence-corrected chi connectivity index (χ3v) is 5.33. The highest BCUT2D eigenvalue weighted by Gasteiger charge is 2.51. The van der Waals surface area contributed by atoms with Gasteiger partial charge in [-0.25, -0.2) is 8.78 Å². The minimum Gasteiger partial charge on any atom is -0.497 e. The van der Waals surface area contributed by atoms with Crippen LogP contribution in [-0.4, -0.2) is 30.8 Å². The molecule has 4 rings (SSSR count). The van der Waals surface area contributed by atoms with E-state index in [-0.39, 0.29) is 11.4 Å². The van der Waals surface area contributed by atoms with Crippen LogP contribution in [0.25, 0.3) is 0 Å². The van der Waals surface area contributed by atoms with Crippen molar-refractivity contribution in [1.29, 1.82) is 5.26 Å². The summed E-state index contributed by atoms with van der Waals surface area (Å²) in [6, 6.07) is 18.3. The van der Waals surface area contributed by atoms with Crippen molar-refractivity contribution in [3.63, 3.8) is 0 Å². The van der Waals surface area contributed by atoms with Crippen molar-refractivity contribution < 1.29 is 13.5 Å². The summed E-state index contributed by atoms with van der Waals surface area (Å²) in [5.74, 6) is 0.266. The number of benzene rings is 2. The fourth-order valence-electron chi connectivity index (χ4n) is 4.00. The number of allylic oxidation sites excluding steroid dienone is 1. The van der Waals surface area contributed by atoms with Crippen molar-refractivity contribution in [1.82, 2.24) is 5.01 Å². The molecule has 2 heterocycles. The number of para-hydroxylation sites is 2. The van der Waals surface area contributed by atoms with Gasteiger partial charge in [0.05, 0.1) is 24.1 Å². The molecule has 0 radical (unpaired) electrons. The maximum atomic E-state index is 14.5. The molecule has 0 aromatic heterocycles. The molecule has 2 aromatic carbocycles. The van der Waals surface area contributed by atoms with Gasteiger partial charge in [-0.1, -0.05) is 36.4 Å². The number of nitrogens with two attached hydrogens (primary N) is 2. The Balaban J connectivity index is 1.93. The average Bonchev–Trinajstić information content (AvgIpc) is 3.11. The number of anilines is 2. The lowest BCUT2D eigenvalue weighted by molar-refractivity contribution is 0.0268. The van der Waals surface area contributed by atoms with Gasteiger partial charge in [-0.15, -0.1) is 0 Å². The van der Waals surface area contributed by atoms with Gasteiger partial charge in [0.15, 0.2) is 6.17 Å². The molecule has 9 heteroatoms. The van der Waals surface area contributed by atoms with Crippen molar-refractivity contribution in [2.75, 3.05) is 17.0 Å². The second-order valence-electron chi connectivity index (χ2n) is 7.21. The van der Waals surface area contributed by atoms with E-state index in [1.165, 1.54) is 17.1 Å². The molecule has 0 aliphatic carbocycles. The van der Waals surface area contributed by atoms with E-state index in [2.05, 4.69) is 0 Å². The Morgan fingerprint density at radius 2 is 1.59 bits per heavy atom. The highest BCUT2D eigenvalue weighted by molar-refractivity contribution is 5.61. The van der Waals surface area contributed by atoms with E-state index >= 15 is 0 Å². The fourth-order valence-corrected chi connectivity index (χ4v) is 4.00. The first kappa shape index (κ1) is 21.2. The minimum atomic E-state index is -2.89. The smallest absolute Gasteiger partial charge is 0.260 e. The van der Waals surface area contributed by atoms with Crippen LogP contribution in [0.1, 0.15) is 0 Å². The third kappa shape index (κ3) is 3.50. The monoisotopic (exact) mass is 436 g/mol. The van der Waals surface area contributed by atoms with Crippen molar-refractivity contribution >= 4 is 11.4 Å². The van der Waals surface area contributed by atoms with Gasteiger partial charge < -0.3 is 21.1 Å². The van der Waals surface area contributed by atoms with Crippen LogP contribution in [0, 0.1) is 11.3 Å². The van der Waals surface area contributed by atoms with Crippen LogP contribution in [-0.2, 0) is 4.74 Å². The second kappa shape index (κ2) is 8.61. The van der Waals surface area contributed by atoms with E-state index in [1.54, 1.807) is 47.5 Å². The number of halogens is 2. The summed E-state index contributed by atoms with van der Waals surface area (Å²) in [5.41, 5.74) is 13.8. The van der Waals surface area contributed by atoms with Crippen LogP contribution in [0.2, 0.25) is 0 Å². The Morgan fingerprint density at radius 1 is 1.00 bits per heavy atom. The summed E-state index contributed by atoms with van der Waals surface area (Å²) in [7, 11) is 1.45. The molecule has 2 atom stereocenters. The van der Waals surface area contributed by atoms with Gasteiger partial charge in [-0.2, -0.15) is 10.3 Å². The topological polar surface area (TPSA) is 94.8 Å². The Morgan fingerprint density at radius 3 is 2.12 bits per heavy atom. The first-order valence-electron chi connectivity index (χ1n) is 9.85. The Bertz CT molecular complexity index is 1110. The Kier molecular flexibility index (Phi) is 5.71. The van der Waals surface area contributed by atoms with Gasteiger partial charge in [0.25, 0.3) is 6.43 Å². The summed E-state index contributed by atoms with van der Waals surface area (Å²) < 4.78 is 34.5. The van der Waals surface area contributed by atoms with Crippen LogP contribution in [0.3, 0.4) is 0 Å². The van der Waals surface area contributed by atoms with E-state index < -0.39 is 18.6 Å². The van der Waals surface area contributed by atoms with Crippen LogP contribution in [0.15, 0.2) is 95.8 Å². The molecule has 0 amide bonds. The number of alkyl halides is 2. The number of rotatable bonds is 5. The number of hydrogen-bond donors (Lipinski definition) is 2. The molecule has 0 spiro atoms. The van der Waals surface area contributed by atoms with E-state index in [9.17, 15) is 14.0 Å². The molecule has 0 fully saturated rings. The number of hydrazine groups is 1. The van der Waals surface area contributed by atoms with Crippen molar-refractivity contribution in [2.45, 2.75) is 18.6 Å². The quantitative estimate of drug-likeness (QED) is 0.743. The highest BCUT2D eigenvalue weighted by atomic mass is 19.3. The predicted molar refractivity (Wildman–Crippen MR) is 117 cm³/mol. The SMILES string of the molecule is COC1=CC(N)=CN(c2ccccc2)C1N1C(C(F)F)C(C#N)=C(N)N1c1ccccc1. The van der Waals surface area contributed by atoms with Crippen molar-refractivity contribution in [3.05, 3.63) is 95.8 Å². The highest BCUT2D eigenvalue weighted by Crippen LogP contribution is 2.40. The van der Waals surface area contributed by atoms with Crippen molar-refractivity contribution in [2.24, 2.45) is 11.5 Å². The summed E-state index contributed by atoms with van der Waals surface area (Å²) in [6.07, 6.45) is -0.556. The molecule has 0 bridgehead atoms. The summed E-state index contributed by atoms with van der Waals surface area (Å²) in [4.78, 5) is 1.73. The molecular formula is C23H22F2N6O. The first-order valence-corrected chi connectivity index (χ1v) is 9.85. The summed E-state index contributed by atoms with van der Waals surface area (Å²) in [6.45, 7) is 0. The molecule has 0 saturated carbocycles. The third-order valence-electron chi connectivity index (χ3n) is 5.33. The number of nitrogens with zero attached hydrogens (tertiary/aromatic N) is 4. The van der Waals surface area contributed by atoms with Crippen LogP contribution in [0.5, 0.6) is 0 Å². The molecule has 32 heavy (non-hydrogen) atoms. The molecular weight excluding hydrogens is 414 g/mol. The van der Waals surface area contributed by atoms with Gasteiger partial charge in [-0.3, -0.25) is 5.01 Å². The molecule has 164 valence electrons. The maximum absolute atomic E-state index is 14.5. The molecule has 2 aliphatic heterocycles. The maximum Gasteiger partial charge on any atom is 0.260 e. The molecule has 4 N–H and O–H groups in total. The number of methoxy groups -OCH3 is 1. The zero-order valence-corrected chi connectivity index (χ0v) is 17.3. The van der Waals surface area contributed by atoms with Crippen LogP contribution in [0.4, 0.5) is 20.2 Å². The summed E-state index contributed by atoms with van der Waals surface area (Å²) >= 11 is 0. The predicted octanol–water partition coefficient (Wildman–Crippen LogP) is 3.23. The van der Waals surface area contributed by atoms with E-state index in [4.69, 9.17) is 16.2 Å². The van der Waals surface area contributed by atoms with E-state index in [0.717, 1.165) is 0 Å². The average molecular weight is 436 g/mol. The Labute approximate surface area is 184 Å². The zero-order chi connectivity index (χ0) is 22.8. The number of hydrogen-bond acceptors (Lipinski definition) is 7. The van der Waals surface area contributed by atoms with Gasteiger partial charge in [0.1, 0.15) is 23.7 Å². The van der Waals surface area contributed by atoms with Crippen molar-refractivity contribution in [3.8, 4) is 6.07 Å². The molecule has 2 unspecified atom stereocenters. The lowest BCUT2D eigenvalue weighted by Crippen LogP contribution is -2.59. The Hall–Kier alpha value is -4.03. The lowest BCUT2D eigenvalue weighted by atomic mass is 10.1. The van der Waals surface area contributed by atoms with E-state index in [0.29, 0.717) is 22.8 Å². The van der Waals surface area contributed by atoms with Crippen LogP contribution >= 0.6 is 0 Å². The largest absolute Gasteiger partial charge is 0.497 e.